The van der Waals surface area contributed by atoms with Gasteiger partial charge in [0, 0.05) is 13.7 Å². The fourth-order valence-electron chi connectivity index (χ4n) is 1.27. The van der Waals surface area contributed by atoms with Crippen LogP contribution in [0, 0.1) is 5.92 Å². The van der Waals surface area contributed by atoms with Crippen LogP contribution in [0.3, 0.4) is 0 Å². The van der Waals surface area contributed by atoms with Crippen LogP contribution in [0.5, 0.6) is 0 Å². The second-order valence-corrected chi connectivity index (χ2v) is 3.99. The molecule has 0 saturated heterocycles. The van der Waals surface area contributed by atoms with Crippen molar-refractivity contribution < 1.29 is 4.74 Å². The van der Waals surface area contributed by atoms with E-state index in [2.05, 4.69) is 19.2 Å². The molecule has 0 aliphatic rings. The summed E-state index contributed by atoms with van der Waals surface area (Å²) in [4.78, 5) is 0. The average molecular weight is 187 g/mol. The lowest BCUT2D eigenvalue weighted by atomic mass is 10.1. The Kier molecular flexibility index (Phi) is 9.94. The molecule has 0 unspecified atom stereocenters. The number of ether oxygens (including phenoxy) is 1. The molecule has 0 radical (unpaired) electrons. The molecule has 0 bridgehead atoms. The van der Waals surface area contributed by atoms with Crippen LogP contribution >= 0.6 is 0 Å². The molecule has 0 rings (SSSR count). The summed E-state index contributed by atoms with van der Waals surface area (Å²) in [5, 5.41) is 3.41. The zero-order valence-corrected chi connectivity index (χ0v) is 9.44. The van der Waals surface area contributed by atoms with Gasteiger partial charge in [-0.1, -0.05) is 26.7 Å². The van der Waals surface area contributed by atoms with E-state index in [1.54, 1.807) is 7.11 Å². The number of rotatable bonds is 9. The number of hydrogen-bond acceptors (Lipinski definition) is 2. The molecule has 1 N–H and O–H groups in total. The summed E-state index contributed by atoms with van der Waals surface area (Å²) in [7, 11) is 1.75. The minimum absolute atomic E-state index is 0.855. The minimum atomic E-state index is 0.855. The minimum Gasteiger partial charge on any atom is -0.385 e. The average Bonchev–Trinajstić information content (AvgIpc) is 2.09. The third-order valence-corrected chi connectivity index (χ3v) is 2.09. The van der Waals surface area contributed by atoms with E-state index in [0.29, 0.717) is 0 Å². The van der Waals surface area contributed by atoms with Crippen molar-refractivity contribution >= 4 is 0 Å². The van der Waals surface area contributed by atoms with E-state index in [4.69, 9.17) is 4.74 Å². The Morgan fingerprint density at radius 1 is 1.08 bits per heavy atom. The summed E-state index contributed by atoms with van der Waals surface area (Å²) in [5.41, 5.74) is 0. The Morgan fingerprint density at radius 3 is 2.38 bits per heavy atom. The topological polar surface area (TPSA) is 21.3 Å². The number of unbranched alkanes of at least 4 members (excludes halogenated alkanes) is 1. The number of methoxy groups -OCH3 is 1. The molecular formula is C11H25NO. The van der Waals surface area contributed by atoms with E-state index in [0.717, 1.165) is 32.0 Å². The van der Waals surface area contributed by atoms with E-state index >= 15 is 0 Å². The molecule has 2 heteroatoms. The van der Waals surface area contributed by atoms with Gasteiger partial charge in [-0.3, -0.25) is 0 Å². The zero-order chi connectivity index (χ0) is 9.94. The van der Waals surface area contributed by atoms with Crippen LogP contribution in [0.15, 0.2) is 0 Å². The van der Waals surface area contributed by atoms with Crippen LogP contribution in [0.1, 0.15) is 39.5 Å². The molecule has 0 spiro atoms. The molecule has 0 amide bonds. The van der Waals surface area contributed by atoms with Crippen LogP contribution in [0.4, 0.5) is 0 Å². The molecule has 0 aromatic carbocycles. The van der Waals surface area contributed by atoms with E-state index < -0.39 is 0 Å². The van der Waals surface area contributed by atoms with Gasteiger partial charge in [0.05, 0.1) is 0 Å². The molecule has 13 heavy (non-hydrogen) atoms. The summed E-state index contributed by atoms with van der Waals surface area (Å²) in [6, 6.07) is 0. The number of hydrogen-bond donors (Lipinski definition) is 1. The highest BCUT2D eigenvalue weighted by molar-refractivity contribution is 4.51. The molecule has 0 heterocycles. The maximum absolute atomic E-state index is 4.96. The second-order valence-electron chi connectivity index (χ2n) is 3.99. The molecule has 0 aromatic heterocycles. The fourth-order valence-corrected chi connectivity index (χ4v) is 1.27. The maximum atomic E-state index is 4.96. The largest absolute Gasteiger partial charge is 0.385 e. The predicted octanol–water partition coefficient (Wildman–Crippen LogP) is 2.44. The third kappa shape index (κ3) is 11.9. The fraction of sp³-hybridized carbons (Fsp3) is 1.00. The Balaban J connectivity index is 2.84. The van der Waals surface area contributed by atoms with Crippen LogP contribution in [-0.4, -0.2) is 26.8 Å². The summed E-state index contributed by atoms with van der Waals surface area (Å²) in [6.07, 6.45) is 5.15. The van der Waals surface area contributed by atoms with E-state index in [9.17, 15) is 0 Å². The Labute approximate surface area is 83.1 Å². The van der Waals surface area contributed by atoms with Crippen LogP contribution in [0.2, 0.25) is 0 Å². The molecule has 0 aliphatic heterocycles. The summed E-state index contributed by atoms with van der Waals surface area (Å²) >= 11 is 0. The summed E-state index contributed by atoms with van der Waals surface area (Å²) < 4.78 is 4.96. The van der Waals surface area contributed by atoms with Gasteiger partial charge in [-0.25, -0.2) is 0 Å². The number of nitrogens with one attached hydrogen (secondary N) is 1. The van der Waals surface area contributed by atoms with E-state index in [-0.39, 0.29) is 0 Å². The lowest BCUT2D eigenvalue weighted by Gasteiger charge is -2.05. The van der Waals surface area contributed by atoms with Crippen LogP contribution in [0.25, 0.3) is 0 Å². The van der Waals surface area contributed by atoms with Gasteiger partial charge in [0.1, 0.15) is 0 Å². The predicted molar refractivity (Wildman–Crippen MR) is 58.1 cm³/mol. The first-order valence-corrected chi connectivity index (χ1v) is 5.47. The SMILES string of the molecule is COCCCNCCCCC(C)C. The van der Waals surface area contributed by atoms with Gasteiger partial charge < -0.3 is 10.1 Å². The van der Waals surface area contributed by atoms with Crippen molar-refractivity contribution in [3.63, 3.8) is 0 Å². The first kappa shape index (κ1) is 12.9. The standard InChI is InChI=1S/C11H25NO/c1-11(2)7-4-5-8-12-9-6-10-13-3/h11-12H,4-10H2,1-3H3. The van der Waals surface area contributed by atoms with Gasteiger partial charge in [-0.15, -0.1) is 0 Å². The molecule has 0 aliphatic carbocycles. The van der Waals surface area contributed by atoms with Crippen molar-refractivity contribution in [2.75, 3.05) is 26.8 Å². The van der Waals surface area contributed by atoms with Crippen molar-refractivity contribution in [1.82, 2.24) is 5.32 Å². The second kappa shape index (κ2) is 10.0. The smallest absolute Gasteiger partial charge is 0.0474 e. The third-order valence-electron chi connectivity index (χ3n) is 2.09. The molecule has 2 nitrogen and oxygen atoms in total. The lowest BCUT2D eigenvalue weighted by molar-refractivity contribution is 0.194. The first-order valence-electron chi connectivity index (χ1n) is 5.47. The molecule has 0 atom stereocenters. The van der Waals surface area contributed by atoms with Crippen molar-refractivity contribution in [2.45, 2.75) is 39.5 Å². The van der Waals surface area contributed by atoms with Gasteiger partial charge in [0.25, 0.3) is 0 Å². The highest BCUT2D eigenvalue weighted by atomic mass is 16.5. The highest BCUT2D eigenvalue weighted by Gasteiger charge is 1.93. The van der Waals surface area contributed by atoms with E-state index in [1.165, 1.54) is 19.3 Å². The quantitative estimate of drug-likeness (QED) is 0.560. The van der Waals surface area contributed by atoms with E-state index in [1.807, 2.05) is 0 Å². The molecule has 0 fully saturated rings. The molecule has 0 aromatic rings. The van der Waals surface area contributed by atoms with Gasteiger partial charge in [-0.05, 0) is 31.8 Å². The highest BCUT2D eigenvalue weighted by Crippen LogP contribution is 2.04. The maximum Gasteiger partial charge on any atom is 0.0474 e. The van der Waals surface area contributed by atoms with Crippen molar-refractivity contribution in [1.29, 1.82) is 0 Å². The Bertz CT molecular complexity index is 94.1. The summed E-state index contributed by atoms with van der Waals surface area (Å²) in [6.45, 7) is 7.70. The van der Waals surface area contributed by atoms with Gasteiger partial charge in [-0.2, -0.15) is 0 Å². The summed E-state index contributed by atoms with van der Waals surface area (Å²) in [5.74, 6) is 0.855. The Morgan fingerprint density at radius 2 is 1.77 bits per heavy atom. The van der Waals surface area contributed by atoms with Gasteiger partial charge in [0.15, 0.2) is 0 Å². The molecular weight excluding hydrogens is 162 g/mol. The van der Waals surface area contributed by atoms with Crippen molar-refractivity contribution in [3.8, 4) is 0 Å². The van der Waals surface area contributed by atoms with Gasteiger partial charge >= 0.3 is 0 Å². The Hall–Kier alpha value is -0.0800. The molecule has 80 valence electrons. The monoisotopic (exact) mass is 187 g/mol. The lowest BCUT2D eigenvalue weighted by Crippen LogP contribution is -2.17. The van der Waals surface area contributed by atoms with Crippen molar-refractivity contribution in [2.24, 2.45) is 5.92 Å². The van der Waals surface area contributed by atoms with Crippen molar-refractivity contribution in [3.05, 3.63) is 0 Å². The normalized spacial score (nSPS) is 11.1. The van der Waals surface area contributed by atoms with Crippen LogP contribution < -0.4 is 5.32 Å². The first-order chi connectivity index (χ1) is 6.27. The zero-order valence-electron chi connectivity index (χ0n) is 9.44. The van der Waals surface area contributed by atoms with Crippen LogP contribution in [-0.2, 0) is 4.74 Å². The van der Waals surface area contributed by atoms with Gasteiger partial charge in [0.2, 0.25) is 0 Å². The molecule has 0 saturated carbocycles.